The first kappa shape index (κ1) is 21.2. The van der Waals surface area contributed by atoms with Gasteiger partial charge in [-0.05, 0) is 69.2 Å². The van der Waals surface area contributed by atoms with Gasteiger partial charge in [0.05, 0.1) is 11.0 Å². The molecule has 0 saturated heterocycles. The molecule has 2 N–H and O–H groups in total. The zero-order valence-electron chi connectivity index (χ0n) is 18.6. The summed E-state index contributed by atoms with van der Waals surface area (Å²) in [5.41, 5.74) is 7.11. The van der Waals surface area contributed by atoms with E-state index in [9.17, 15) is 9.59 Å². The van der Waals surface area contributed by atoms with Gasteiger partial charge in [0, 0.05) is 28.0 Å². The van der Waals surface area contributed by atoms with Crippen LogP contribution in [0.1, 0.15) is 46.7 Å². The minimum atomic E-state index is -0.175. The van der Waals surface area contributed by atoms with Gasteiger partial charge in [-0.25, -0.2) is 4.98 Å². The summed E-state index contributed by atoms with van der Waals surface area (Å²) in [7, 11) is 0. The van der Waals surface area contributed by atoms with Crippen molar-refractivity contribution >= 4 is 34.0 Å². The molecule has 0 aliphatic rings. The lowest BCUT2D eigenvalue weighted by Crippen LogP contribution is -2.14. The van der Waals surface area contributed by atoms with E-state index in [2.05, 4.69) is 15.3 Å². The quantitative estimate of drug-likeness (QED) is 0.313. The first-order chi connectivity index (χ1) is 15.3. The maximum atomic E-state index is 12.8. The molecule has 1 heterocycles. The molecule has 0 atom stereocenters. The summed E-state index contributed by atoms with van der Waals surface area (Å²) >= 11 is 0. The molecule has 0 aliphatic heterocycles. The molecule has 0 spiro atoms. The van der Waals surface area contributed by atoms with E-state index in [4.69, 9.17) is 0 Å². The Morgan fingerprint density at radius 2 is 1.59 bits per heavy atom. The van der Waals surface area contributed by atoms with Gasteiger partial charge in [-0.1, -0.05) is 36.4 Å². The van der Waals surface area contributed by atoms with E-state index in [1.807, 2.05) is 63.2 Å². The average molecular weight is 424 g/mol. The third-order valence-corrected chi connectivity index (χ3v) is 5.80. The van der Waals surface area contributed by atoms with Crippen LogP contribution in [-0.2, 0) is 4.79 Å². The van der Waals surface area contributed by atoms with Crippen LogP contribution in [0, 0.1) is 13.8 Å². The molecule has 0 aliphatic carbocycles. The van der Waals surface area contributed by atoms with Crippen LogP contribution < -0.4 is 5.32 Å². The Morgan fingerprint density at radius 3 is 2.31 bits per heavy atom. The molecule has 4 rings (SSSR count). The fourth-order valence-corrected chi connectivity index (χ4v) is 3.48. The minimum Gasteiger partial charge on any atom is -0.338 e. The van der Waals surface area contributed by atoms with E-state index in [-0.39, 0.29) is 11.7 Å². The molecule has 5 nitrogen and oxygen atoms in total. The van der Waals surface area contributed by atoms with Crippen LogP contribution in [-0.4, -0.2) is 21.7 Å². The fourth-order valence-electron chi connectivity index (χ4n) is 3.48. The van der Waals surface area contributed by atoms with Crippen LogP contribution in [0.2, 0.25) is 0 Å². The van der Waals surface area contributed by atoms with Gasteiger partial charge in [0.15, 0.2) is 5.78 Å². The van der Waals surface area contributed by atoms with Gasteiger partial charge < -0.3 is 10.3 Å². The van der Waals surface area contributed by atoms with Crippen molar-refractivity contribution in [2.24, 2.45) is 0 Å². The minimum absolute atomic E-state index is 0.0418. The summed E-state index contributed by atoms with van der Waals surface area (Å²) in [6.07, 6.45) is 0. The third kappa shape index (κ3) is 4.23. The number of ketones is 1. The lowest BCUT2D eigenvalue weighted by atomic mass is 10.0. The van der Waals surface area contributed by atoms with Crippen molar-refractivity contribution in [2.45, 2.75) is 27.7 Å². The number of hydrogen-bond donors (Lipinski definition) is 2. The number of H-pyrrole nitrogens is 1. The van der Waals surface area contributed by atoms with Crippen LogP contribution in [0.3, 0.4) is 0 Å². The number of fused-ring (bicyclic) bond motifs is 1. The van der Waals surface area contributed by atoms with E-state index >= 15 is 0 Å². The number of aromatic nitrogens is 2. The molecule has 0 radical (unpaired) electrons. The molecule has 1 aromatic heterocycles. The van der Waals surface area contributed by atoms with Crippen LogP contribution >= 0.6 is 0 Å². The van der Waals surface area contributed by atoms with Crippen molar-refractivity contribution in [2.75, 3.05) is 5.32 Å². The number of amides is 1. The third-order valence-electron chi connectivity index (χ3n) is 5.80. The number of anilines is 1. The lowest BCUT2D eigenvalue weighted by molar-refractivity contribution is -0.112. The molecule has 5 heteroatoms. The van der Waals surface area contributed by atoms with Crippen molar-refractivity contribution in [3.63, 3.8) is 0 Å². The number of nitrogens with zero attached hydrogens (tertiary/aromatic N) is 1. The highest BCUT2D eigenvalue weighted by Gasteiger charge is 2.15. The summed E-state index contributed by atoms with van der Waals surface area (Å²) in [6, 6.07) is 20.4. The summed E-state index contributed by atoms with van der Waals surface area (Å²) in [5, 5.41) is 2.95. The Labute approximate surface area is 187 Å². The van der Waals surface area contributed by atoms with Gasteiger partial charge in [0.2, 0.25) is 0 Å². The van der Waals surface area contributed by atoms with Gasteiger partial charge in [-0.2, -0.15) is 0 Å². The van der Waals surface area contributed by atoms with E-state index in [1.165, 1.54) is 5.56 Å². The average Bonchev–Trinajstić information content (AvgIpc) is 3.24. The number of nitrogens with one attached hydrogen (secondary N) is 2. The van der Waals surface area contributed by atoms with Gasteiger partial charge in [0.1, 0.15) is 5.82 Å². The number of imidazole rings is 1. The predicted octanol–water partition coefficient (Wildman–Crippen LogP) is 5.84. The normalized spacial score (nSPS) is 11.9. The van der Waals surface area contributed by atoms with E-state index in [0.717, 1.165) is 27.9 Å². The maximum Gasteiger partial charge on any atom is 0.251 e. The summed E-state index contributed by atoms with van der Waals surface area (Å²) in [6.45, 7) is 7.70. The van der Waals surface area contributed by atoms with Crippen molar-refractivity contribution in [1.29, 1.82) is 0 Å². The number of carbonyl (C=O) groups excluding carboxylic acids is 2. The number of benzene rings is 3. The number of hydrogen-bond acceptors (Lipinski definition) is 3. The molecule has 3 aromatic carbocycles. The lowest BCUT2D eigenvalue weighted by Gasteiger charge is -2.09. The first-order valence-electron chi connectivity index (χ1n) is 10.5. The fraction of sp³-hybridized carbons (Fsp3) is 0.148. The number of aryl methyl sites for hydroxylation is 2. The van der Waals surface area contributed by atoms with Crippen molar-refractivity contribution in [1.82, 2.24) is 9.97 Å². The van der Waals surface area contributed by atoms with Crippen molar-refractivity contribution in [3.05, 3.63) is 100 Å². The largest absolute Gasteiger partial charge is 0.338 e. The molecule has 0 unspecified atom stereocenters. The first-order valence-corrected chi connectivity index (χ1v) is 10.5. The SMILES string of the molecule is CC(C(=O)Nc1ccc(C)c(C)c1)=C(C)c1nc2ccc(C(=O)c3ccccc3)cc2[nH]1. The molecule has 0 fully saturated rings. The number of rotatable bonds is 5. The van der Waals surface area contributed by atoms with E-state index in [1.54, 1.807) is 31.2 Å². The molecule has 0 saturated carbocycles. The van der Waals surface area contributed by atoms with E-state index < -0.39 is 0 Å². The topological polar surface area (TPSA) is 74.8 Å². The molecular weight excluding hydrogens is 398 g/mol. The Kier molecular flexibility index (Phi) is 5.73. The zero-order chi connectivity index (χ0) is 22.8. The van der Waals surface area contributed by atoms with Crippen LogP contribution in [0.15, 0.2) is 72.3 Å². The summed E-state index contributed by atoms with van der Waals surface area (Å²) in [5.74, 6) is 0.392. The smallest absolute Gasteiger partial charge is 0.251 e. The Morgan fingerprint density at radius 1 is 0.844 bits per heavy atom. The van der Waals surface area contributed by atoms with Crippen molar-refractivity contribution in [3.8, 4) is 0 Å². The van der Waals surface area contributed by atoms with Crippen LogP contribution in [0.4, 0.5) is 5.69 Å². The summed E-state index contributed by atoms with van der Waals surface area (Å²) < 4.78 is 0. The molecule has 1 amide bonds. The Bertz CT molecular complexity index is 1360. The molecule has 4 aromatic rings. The highest BCUT2D eigenvalue weighted by atomic mass is 16.1. The van der Waals surface area contributed by atoms with E-state index in [0.29, 0.717) is 22.5 Å². The van der Waals surface area contributed by atoms with Gasteiger partial charge in [0.25, 0.3) is 5.91 Å². The molecule has 32 heavy (non-hydrogen) atoms. The van der Waals surface area contributed by atoms with Gasteiger partial charge in [-0.15, -0.1) is 0 Å². The van der Waals surface area contributed by atoms with Crippen LogP contribution in [0.25, 0.3) is 16.6 Å². The Hall–Kier alpha value is -3.99. The zero-order valence-corrected chi connectivity index (χ0v) is 18.6. The van der Waals surface area contributed by atoms with Gasteiger partial charge in [-0.3, -0.25) is 9.59 Å². The van der Waals surface area contributed by atoms with Crippen LogP contribution in [0.5, 0.6) is 0 Å². The van der Waals surface area contributed by atoms with Gasteiger partial charge >= 0.3 is 0 Å². The Balaban J connectivity index is 1.60. The highest BCUT2D eigenvalue weighted by Crippen LogP contribution is 2.23. The molecule has 160 valence electrons. The number of carbonyl (C=O) groups is 2. The second-order valence-corrected chi connectivity index (χ2v) is 8.02. The standard InChI is InChI=1S/C27H25N3O2/c1-16-10-12-22(14-17(16)2)28-27(32)19(4)18(3)26-29-23-13-11-21(15-24(23)30-26)25(31)20-8-6-5-7-9-20/h5-15H,1-4H3,(H,28,32)(H,29,30). The molecular formula is C27H25N3O2. The van der Waals surface area contributed by atoms with Crippen molar-refractivity contribution < 1.29 is 9.59 Å². The second-order valence-electron chi connectivity index (χ2n) is 8.02. The monoisotopic (exact) mass is 423 g/mol. The second kappa shape index (κ2) is 8.63. The number of allylic oxidation sites excluding steroid dienone is 1. The highest BCUT2D eigenvalue weighted by molar-refractivity contribution is 6.10. The number of aromatic amines is 1. The molecule has 0 bridgehead atoms. The maximum absolute atomic E-state index is 12.8. The predicted molar refractivity (Wildman–Crippen MR) is 129 cm³/mol. The summed E-state index contributed by atoms with van der Waals surface area (Å²) in [4.78, 5) is 33.4.